The molecule has 0 saturated heterocycles. The number of nitrogens with zero attached hydrogens (tertiary/aromatic N) is 3. The zero-order chi connectivity index (χ0) is 16.3. The minimum Gasteiger partial charge on any atom is -0.480 e. The van der Waals surface area contributed by atoms with Crippen LogP contribution in [-0.2, 0) is 11.8 Å². The highest BCUT2D eigenvalue weighted by Crippen LogP contribution is 2.29. The van der Waals surface area contributed by atoms with Crippen molar-refractivity contribution < 1.29 is 9.53 Å². The molecule has 8 heteroatoms. The summed E-state index contributed by atoms with van der Waals surface area (Å²) in [5, 5.41) is 16.1. The zero-order valence-corrected chi connectivity index (χ0v) is 14.1. The molecule has 6 nitrogen and oxygen atoms in total. The second-order valence-corrected chi connectivity index (χ2v) is 5.76. The Morgan fingerprint density at radius 2 is 2.32 bits per heavy atom. The van der Waals surface area contributed by atoms with Crippen LogP contribution < -0.4 is 10.1 Å². The van der Waals surface area contributed by atoms with E-state index in [1.54, 1.807) is 32.2 Å². The monoisotopic (exact) mass is 382 g/mol. The van der Waals surface area contributed by atoms with Crippen molar-refractivity contribution in [2.75, 3.05) is 5.32 Å². The molecular weight excluding hydrogens is 372 g/mol. The minimum atomic E-state index is -0.765. The van der Waals surface area contributed by atoms with Gasteiger partial charge in [-0.05, 0) is 41.1 Å². The standard InChI is InChI=1S/C14H12BrClN4O2/c1-8(22-12-4-3-10(16)5-11(12)15)14(21)19-13-9(6-17)7-18-20(13)2/h3-5,7-8H,1-2H3,(H,19,21). The van der Waals surface area contributed by atoms with E-state index in [4.69, 9.17) is 21.6 Å². The van der Waals surface area contributed by atoms with Gasteiger partial charge in [0.2, 0.25) is 0 Å². The molecule has 1 amide bonds. The van der Waals surface area contributed by atoms with Crippen molar-refractivity contribution in [2.24, 2.45) is 7.05 Å². The van der Waals surface area contributed by atoms with Gasteiger partial charge >= 0.3 is 0 Å². The number of aromatic nitrogens is 2. The summed E-state index contributed by atoms with van der Waals surface area (Å²) in [6.45, 7) is 1.61. The number of nitriles is 1. The van der Waals surface area contributed by atoms with Gasteiger partial charge in [-0.25, -0.2) is 0 Å². The summed E-state index contributed by atoms with van der Waals surface area (Å²) >= 11 is 9.18. The van der Waals surface area contributed by atoms with Gasteiger partial charge in [0.25, 0.3) is 5.91 Å². The van der Waals surface area contributed by atoms with Crippen LogP contribution in [0.2, 0.25) is 5.02 Å². The Labute approximate surface area is 140 Å². The van der Waals surface area contributed by atoms with E-state index in [0.717, 1.165) is 0 Å². The van der Waals surface area contributed by atoms with E-state index < -0.39 is 6.10 Å². The fourth-order valence-electron chi connectivity index (χ4n) is 1.70. The third-order valence-corrected chi connectivity index (χ3v) is 3.72. The predicted molar refractivity (Wildman–Crippen MR) is 85.8 cm³/mol. The molecule has 0 spiro atoms. The lowest BCUT2D eigenvalue weighted by atomic mass is 10.3. The Kier molecular flexibility index (Phi) is 5.06. The summed E-state index contributed by atoms with van der Waals surface area (Å²) in [5.74, 6) is 0.442. The van der Waals surface area contributed by atoms with Gasteiger partial charge < -0.3 is 10.1 Å². The summed E-state index contributed by atoms with van der Waals surface area (Å²) in [6.07, 6.45) is 0.621. The van der Waals surface area contributed by atoms with E-state index in [-0.39, 0.29) is 11.5 Å². The Bertz CT molecular complexity index is 754. The number of benzene rings is 1. The summed E-state index contributed by atoms with van der Waals surface area (Å²) < 4.78 is 7.66. The van der Waals surface area contributed by atoms with Gasteiger partial charge in [0.05, 0.1) is 10.7 Å². The number of ether oxygens (including phenoxy) is 1. The summed E-state index contributed by atoms with van der Waals surface area (Å²) in [5.41, 5.74) is 0.288. The van der Waals surface area contributed by atoms with Crippen molar-refractivity contribution in [3.05, 3.63) is 39.5 Å². The molecule has 1 unspecified atom stereocenters. The first-order valence-corrected chi connectivity index (χ1v) is 7.44. The first-order chi connectivity index (χ1) is 10.4. The molecule has 0 aliphatic rings. The van der Waals surface area contributed by atoms with Crippen molar-refractivity contribution >= 4 is 39.3 Å². The van der Waals surface area contributed by atoms with Gasteiger partial charge in [-0.3, -0.25) is 9.48 Å². The third kappa shape index (κ3) is 3.59. The van der Waals surface area contributed by atoms with Crippen LogP contribution in [0.3, 0.4) is 0 Å². The fraction of sp³-hybridized carbons (Fsp3) is 0.214. The van der Waals surface area contributed by atoms with Crippen LogP contribution in [0.4, 0.5) is 5.82 Å². The van der Waals surface area contributed by atoms with Gasteiger partial charge in [0.15, 0.2) is 6.10 Å². The molecular formula is C14H12BrClN4O2. The van der Waals surface area contributed by atoms with Gasteiger partial charge in [-0.15, -0.1) is 0 Å². The Morgan fingerprint density at radius 1 is 1.59 bits per heavy atom. The van der Waals surface area contributed by atoms with Crippen LogP contribution in [0.5, 0.6) is 5.75 Å². The van der Waals surface area contributed by atoms with E-state index >= 15 is 0 Å². The molecule has 0 radical (unpaired) electrons. The smallest absolute Gasteiger partial charge is 0.266 e. The van der Waals surface area contributed by atoms with Crippen LogP contribution in [0.25, 0.3) is 0 Å². The van der Waals surface area contributed by atoms with Gasteiger partial charge in [-0.1, -0.05) is 11.6 Å². The molecule has 2 rings (SSSR count). The zero-order valence-electron chi connectivity index (χ0n) is 11.8. The van der Waals surface area contributed by atoms with E-state index in [0.29, 0.717) is 21.1 Å². The molecule has 1 N–H and O–H groups in total. The van der Waals surface area contributed by atoms with Gasteiger partial charge in [0, 0.05) is 12.1 Å². The molecule has 0 aliphatic heterocycles. The van der Waals surface area contributed by atoms with E-state index in [1.807, 2.05) is 6.07 Å². The molecule has 1 atom stereocenters. The Morgan fingerprint density at radius 3 is 2.95 bits per heavy atom. The molecule has 1 aromatic heterocycles. The van der Waals surface area contributed by atoms with Crippen molar-refractivity contribution in [1.82, 2.24) is 9.78 Å². The molecule has 0 saturated carbocycles. The number of carbonyl (C=O) groups is 1. The molecule has 2 aromatic rings. The lowest BCUT2D eigenvalue weighted by Crippen LogP contribution is -2.31. The Hall–Kier alpha value is -2.04. The molecule has 0 bridgehead atoms. The maximum Gasteiger partial charge on any atom is 0.266 e. The lowest BCUT2D eigenvalue weighted by molar-refractivity contribution is -0.122. The minimum absolute atomic E-state index is 0.288. The average Bonchev–Trinajstić information content (AvgIpc) is 2.82. The molecule has 0 aliphatic carbocycles. The summed E-state index contributed by atoms with van der Waals surface area (Å²) in [4.78, 5) is 12.2. The quantitative estimate of drug-likeness (QED) is 0.879. The van der Waals surface area contributed by atoms with E-state index in [2.05, 4.69) is 26.3 Å². The highest BCUT2D eigenvalue weighted by Gasteiger charge is 2.19. The maximum atomic E-state index is 12.2. The van der Waals surface area contributed by atoms with Crippen LogP contribution in [-0.4, -0.2) is 21.8 Å². The van der Waals surface area contributed by atoms with Crippen LogP contribution in [0, 0.1) is 11.3 Å². The first-order valence-electron chi connectivity index (χ1n) is 6.27. The van der Waals surface area contributed by atoms with Crippen LogP contribution >= 0.6 is 27.5 Å². The molecule has 1 aromatic carbocycles. The number of halogens is 2. The van der Waals surface area contributed by atoms with E-state index in [9.17, 15) is 4.79 Å². The number of anilines is 1. The van der Waals surface area contributed by atoms with Gasteiger partial charge in [-0.2, -0.15) is 10.4 Å². The highest BCUT2D eigenvalue weighted by molar-refractivity contribution is 9.10. The molecule has 1 heterocycles. The van der Waals surface area contributed by atoms with Crippen molar-refractivity contribution in [2.45, 2.75) is 13.0 Å². The second kappa shape index (κ2) is 6.81. The SMILES string of the molecule is CC(Oc1ccc(Cl)cc1Br)C(=O)Nc1c(C#N)cnn1C. The number of hydrogen-bond acceptors (Lipinski definition) is 4. The molecule has 0 fully saturated rings. The highest BCUT2D eigenvalue weighted by atomic mass is 79.9. The van der Waals surface area contributed by atoms with E-state index in [1.165, 1.54) is 10.9 Å². The summed E-state index contributed by atoms with van der Waals surface area (Å²) in [6, 6.07) is 6.98. The number of amides is 1. The number of carbonyl (C=O) groups excluding carboxylic acids is 1. The second-order valence-electron chi connectivity index (χ2n) is 4.47. The Balaban J connectivity index is 2.09. The molecule has 22 heavy (non-hydrogen) atoms. The van der Waals surface area contributed by atoms with Crippen LogP contribution in [0.15, 0.2) is 28.9 Å². The van der Waals surface area contributed by atoms with Crippen molar-refractivity contribution in [1.29, 1.82) is 5.26 Å². The van der Waals surface area contributed by atoms with Gasteiger partial charge in [0.1, 0.15) is 23.2 Å². The molecule has 114 valence electrons. The number of rotatable bonds is 4. The normalized spacial score (nSPS) is 11.6. The number of nitrogens with one attached hydrogen (secondary N) is 1. The summed E-state index contributed by atoms with van der Waals surface area (Å²) in [7, 11) is 1.64. The largest absolute Gasteiger partial charge is 0.480 e. The fourth-order valence-corrected chi connectivity index (χ4v) is 2.48. The number of aryl methyl sites for hydroxylation is 1. The lowest BCUT2D eigenvalue weighted by Gasteiger charge is -2.16. The van der Waals surface area contributed by atoms with Crippen molar-refractivity contribution in [3.8, 4) is 11.8 Å². The maximum absolute atomic E-state index is 12.2. The van der Waals surface area contributed by atoms with Crippen molar-refractivity contribution in [3.63, 3.8) is 0 Å². The topological polar surface area (TPSA) is 79.9 Å². The first kappa shape index (κ1) is 16.3. The third-order valence-electron chi connectivity index (χ3n) is 2.87. The predicted octanol–water partition coefficient (Wildman–Crippen LogP) is 3.11. The van der Waals surface area contributed by atoms with Crippen LogP contribution in [0.1, 0.15) is 12.5 Å². The number of hydrogen-bond donors (Lipinski definition) is 1. The average molecular weight is 384 g/mol.